The molecule has 188 valence electrons. The highest BCUT2D eigenvalue weighted by atomic mass is 32.1. The summed E-state index contributed by atoms with van der Waals surface area (Å²) in [5, 5.41) is 29.9. The fourth-order valence-corrected chi connectivity index (χ4v) is 3.10. The molecule has 0 saturated heterocycles. The Bertz CT molecular complexity index is 766. The van der Waals surface area contributed by atoms with Gasteiger partial charge in [-0.15, -0.1) is 0 Å². The summed E-state index contributed by atoms with van der Waals surface area (Å²) < 4.78 is 7.93. The van der Waals surface area contributed by atoms with Crippen molar-refractivity contribution >= 4 is 48.1 Å². The van der Waals surface area contributed by atoms with Crippen LogP contribution in [0.3, 0.4) is 0 Å². The van der Waals surface area contributed by atoms with E-state index in [0.29, 0.717) is 5.31 Å². The van der Waals surface area contributed by atoms with Crippen molar-refractivity contribution in [1.29, 1.82) is 0 Å². The van der Waals surface area contributed by atoms with Gasteiger partial charge in [-0.2, -0.15) is 12.6 Å². The number of rotatable bonds is 17. The zero-order valence-corrected chi connectivity index (χ0v) is 19.5. The minimum absolute atomic E-state index is 0.00638. The lowest BCUT2D eigenvalue weighted by atomic mass is 9.93. The van der Waals surface area contributed by atoms with E-state index < -0.39 is 65.5 Å². The third kappa shape index (κ3) is 11.7. The number of Topliss-reactive ketones (excluding diaryl/α,β-unsaturated/α-hetero) is 1. The molecule has 0 heterocycles. The molecule has 0 aromatic rings. The molecular weight excluding hydrogens is 458 g/mol. The minimum Gasteiger partial charge on any atom is -0.481 e. The largest absolute Gasteiger partial charge is 0.481 e. The summed E-state index contributed by atoms with van der Waals surface area (Å²) in [6.45, 7) is 3.16. The molecule has 0 radical (unpaired) electrons. The van der Waals surface area contributed by atoms with Crippen LogP contribution in [-0.4, -0.2) is 74.7 Å². The lowest BCUT2D eigenvalue weighted by Gasteiger charge is -2.22. The van der Waals surface area contributed by atoms with Crippen molar-refractivity contribution in [1.82, 2.24) is 10.6 Å². The molecule has 0 rings (SSSR count). The zero-order valence-electron chi connectivity index (χ0n) is 19.6. The smallest absolute Gasteiger partial charge is 0.326 e. The number of carbonyl (C=O) groups excluding carboxylic acids is 3. The normalized spacial score (nSPS) is 15.0. The number of aliphatic carboxylic acids is 3. The molecule has 1 unspecified atom stereocenters. The van der Waals surface area contributed by atoms with E-state index in [1.54, 1.807) is 13.8 Å². The molecule has 0 bridgehead atoms. The summed E-state index contributed by atoms with van der Waals surface area (Å²) in [7, 11) is 0. The van der Waals surface area contributed by atoms with Gasteiger partial charge in [0, 0.05) is 18.6 Å². The SMILES string of the molecule is [2H]N(C(=O)CCCC(C(=O)O)C(=O)CCC[C@H](N)C(=O)O)[C@@H](CS)C(=O)N[C@H](C(=O)O)C(C)C. The van der Waals surface area contributed by atoms with E-state index in [0.717, 1.165) is 0 Å². The first-order valence-electron chi connectivity index (χ1n) is 10.9. The fraction of sp³-hybridized carbons (Fsp3) is 0.700. The van der Waals surface area contributed by atoms with Crippen LogP contribution in [0.5, 0.6) is 0 Å². The van der Waals surface area contributed by atoms with E-state index in [-0.39, 0.29) is 44.3 Å². The van der Waals surface area contributed by atoms with Crippen molar-refractivity contribution in [2.24, 2.45) is 17.6 Å². The van der Waals surface area contributed by atoms with Gasteiger partial charge in [-0.25, -0.2) is 4.79 Å². The van der Waals surface area contributed by atoms with Crippen molar-refractivity contribution in [2.75, 3.05) is 5.75 Å². The van der Waals surface area contributed by atoms with Gasteiger partial charge in [0.05, 0.1) is 0 Å². The fourth-order valence-electron chi connectivity index (χ4n) is 2.86. The molecule has 0 aliphatic rings. The highest BCUT2D eigenvalue weighted by Gasteiger charge is 2.29. The number of carboxylic acids is 3. The average Bonchev–Trinajstić information content (AvgIpc) is 2.74. The van der Waals surface area contributed by atoms with Crippen LogP contribution < -0.4 is 16.4 Å². The number of ketones is 1. The molecule has 13 heteroatoms. The van der Waals surface area contributed by atoms with E-state index in [1.165, 1.54) is 0 Å². The molecule has 0 aromatic carbocycles. The van der Waals surface area contributed by atoms with Crippen LogP contribution in [0.25, 0.3) is 0 Å². The number of carboxylic acid groups (broad SMARTS) is 3. The zero-order chi connectivity index (χ0) is 26.6. The van der Waals surface area contributed by atoms with Gasteiger partial charge >= 0.3 is 17.9 Å². The van der Waals surface area contributed by atoms with Crippen LogP contribution in [-0.2, 0) is 28.8 Å². The Morgan fingerprint density at radius 1 is 0.939 bits per heavy atom. The Hall–Kier alpha value is -2.67. The maximum absolute atomic E-state index is 12.4. The van der Waals surface area contributed by atoms with Crippen molar-refractivity contribution in [3.05, 3.63) is 0 Å². The number of hydrogen-bond acceptors (Lipinski definition) is 8. The second-order valence-corrected chi connectivity index (χ2v) is 8.24. The average molecular weight is 493 g/mol. The number of thiol groups is 1. The highest BCUT2D eigenvalue weighted by molar-refractivity contribution is 7.80. The summed E-state index contributed by atoms with van der Waals surface area (Å²) in [5.74, 6) is -8.28. The summed E-state index contributed by atoms with van der Waals surface area (Å²) in [4.78, 5) is 70.3. The highest BCUT2D eigenvalue weighted by Crippen LogP contribution is 2.15. The molecule has 0 saturated carbocycles. The molecule has 0 aliphatic carbocycles. The Balaban J connectivity index is 4.86. The van der Waals surface area contributed by atoms with E-state index in [4.69, 9.17) is 12.3 Å². The summed E-state index contributed by atoms with van der Waals surface area (Å²) in [6, 6.07) is -3.74. The van der Waals surface area contributed by atoms with Gasteiger partial charge in [0.15, 0.2) is 1.41 Å². The van der Waals surface area contributed by atoms with Crippen molar-refractivity contribution in [2.45, 2.75) is 70.5 Å². The third-order valence-corrected chi connectivity index (χ3v) is 5.18. The van der Waals surface area contributed by atoms with E-state index in [9.17, 15) is 39.0 Å². The van der Waals surface area contributed by atoms with Crippen LogP contribution in [0.1, 0.15) is 52.4 Å². The standard InChI is InChI=1S/C20H33N3O9S/c1-10(2)16(20(31)32)23-17(26)13(9-33)22-15(25)8-3-5-11(18(27)28)14(24)7-4-6-12(21)19(29)30/h10-13,16,33H,3-9,21H2,1-2H3,(H,22,25)(H,23,26)(H,27,28)(H,29,30)(H,31,32)/t11?,12-,13-,16-/m0/s1/i/hD. The van der Waals surface area contributed by atoms with Crippen molar-refractivity contribution in [3.8, 4) is 0 Å². The first kappa shape index (κ1) is 28.4. The van der Waals surface area contributed by atoms with Crippen LogP contribution >= 0.6 is 12.6 Å². The lowest BCUT2D eigenvalue weighted by molar-refractivity contribution is -0.147. The van der Waals surface area contributed by atoms with Gasteiger partial charge in [0.1, 0.15) is 29.8 Å². The van der Waals surface area contributed by atoms with Gasteiger partial charge in [-0.1, -0.05) is 13.8 Å². The summed E-state index contributed by atoms with van der Waals surface area (Å²) >= 11 is 3.96. The number of nitrogens with one attached hydrogen (secondary N) is 2. The Labute approximate surface area is 198 Å². The number of nitrogens with two attached hydrogens (primary N) is 1. The predicted octanol–water partition coefficient (Wildman–Crippen LogP) is -0.351. The maximum Gasteiger partial charge on any atom is 0.326 e. The molecule has 2 amide bonds. The molecule has 0 spiro atoms. The van der Waals surface area contributed by atoms with Gasteiger partial charge in [-0.3, -0.25) is 24.0 Å². The van der Waals surface area contributed by atoms with Crippen molar-refractivity contribution < 1.29 is 45.5 Å². The minimum atomic E-state index is -1.40. The maximum atomic E-state index is 12.4. The van der Waals surface area contributed by atoms with Crippen LogP contribution in [0.2, 0.25) is 1.41 Å². The van der Waals surface area contributed by atoms with Crippen LogP contribution in [0.4, 0.5) is 0 Å². The molecule has 33 heavy (non-hydrogen) atoms. The molecule has 12 nitrogen and oxygen atoms in total. The molecule has 7 N–H and O–H groups in total. The van der Waals surface area contributed by atoms with Gasteiger partial charge in [-0.05, 0) is 31.6 Å². The Morgan fingerprint density at radius 3 is 1.97 bits per heavy atom. The van der Waals surface area contributed by atoms with Gasteiger partial charge in [0.2, 0.25) is 11.8 Å². The molecule has 0 aromatic heterocycles. The molecular formula is C20H33N3O9S. The molecule has 0 fully saturated rings. The predicted molar refractivity (Wildman–Crippen MR) is 120 cm³/mol. The molecule has 0 aliphatic heterocycles. The monoisotopic (exact) mass is 492 g/mol. The number of hydrogen-bond donors (Lipinski definition) is 7. The van der Waals surface area contributed by atoms with Crippen molar-refractivity contribution in [3.63, 3.8) is 0 Å². The Morgan fingerprint density at radius 2 is 1.52 bits per heavy atom. The lowest BCUT2D eigenvalue weighted by Crippen LogP contribution is -2.53. The van der Waals surface area contributed by atoms with E-state index in [2.05, 4.69) is 17.9 Å². The van der Waals surface area contributed by atoms with E-state index in [1.807, 2.05) is 0 Å². The second-order valence-electron chi connectivity index (χ2n) is 7.88. The van der Waals surface area contributed by atoms with Gasteiger partial charge < -0.3 is 31.7 Å². The van der Waals surface area contributed by atoms with E-state index >= 15 is 0 Å². The van der Waals surface area contributed by atoms with Gasteiger partial charge in [0.25, 0.3) is 0 Å². The second kappa shape index (κ2) is 15.2. The first-order valence-corrected chi connectivity index (χ1v) is 11.1. The van der Waals surface area contributed by atoms with Crippen LogP contribution in [0.15, 0.2) is 0 Å². The summed E-state index contributed by atoms with van der Waals surface area (Å²) in [6.07, 6.45) is -0.650. The topological polar surface area (TPSA) is 213 Å². The number of carbonyl (C=O) groups is 6. The first-order chi connectivity index (χ1) is 15.7. The number of amides is 2. The summed E-state index contributed by atoms with van der Waals surface area (Å²) in [5.41, 5.74) is 5.34. The molecule has 4 atom stereocenters. The van der Waals surface area contributed by atoms with Crippen LogP contribution in [0, 0.1) is 11.8 Å². The third-order valence-electron chi connectivity index (χ3n) is 4.83. The Kier molecular flexibility index (Phi) is 13.1. The quantitative estimate of drug-likeness (QED) is 0.103.